The molecule has 0 radical (unpaired) electrons. The van der Waals surface area contributed by atoms with Crippen molar-refractivity contribution >= 4 is 11.7 Å². The lowest BCUT2D eigenvalue weighted by Gasteiger charge is -2.11. The van der Waals surface area contributed by atoms with Gasteiger partial charge in [-0.25, -0.2) is 4.98 Å². The van der Waals surface area contributed by atoms with Gasteiger partial charge in [-0.3, -0.25) is 14.6 Å². The number of H-pyrrole nitrogens is 1. The number of alkyl halides is 3. The molecular weight excluding hydrogens is 387 g/mol. The van der Waals surface area contributed by atoms with Crippen molar-refractivity contribution < 1.29 is 18.0 Å². The highest BCUT2D eigenvalue weighted by Crippen LogP contribution is 2.29. The summed E-state index contributed by atoms with van der Waals surface area (Å²) in [5.41, 5.74) is -0.372. The molecular formula is C19H18F3N5O2. The first-order chi connectivity index (χ1) is 13.7. The predicted octanol–water partition coefficient (Wildman–Crippen LogP) is 3.49. The van der Waals surface area contributed by atoms with Crippen LogP contribution in [0.2, 0.25) is 0 Å². The largest absolute Gasteiger partial charge is 0.416 e. The summed E-state index contributed by atoms with van der Waals surface area (Å²) in [6.07, 6.45) is -3.19. The number of aromatic nitrogens is 4. The normalized spacial score (nSPS) is 11.5. The fourth-order valence-electron chi connectivity index (χ4n) is 2.75. The number of carbonyl (C=O) groups is 1. The van der Waals surface area contributed by atoms with Gasteiger partial charge in [0, 0.05) is 23.4 Å². The Morgan fingerprint density at radius 1 is 1.24 bits per heavy atom. The highest BCUT2D eigenvalue weighted by molar-refractivity contribution is 6.04. The zero-order valence-electron chi connectivity index (χ0n) is 15.7. The molecule has 7 nitrogen and oxygen atoms in total. The van der Waals surface area contributed by atoms with Gasteiger partial charge in [0.15, 0.2) is 0 Å². The predicted molar refractivity (Wildman–Crippen MR) is 100 cm³/mol. The molecule has 0 saturated carbocycles. The number of nitrogens with one attached hydrogen (secondary N) is 2. The van der Waals surface area contributed by atoms with Crippen LogP contribution in [0.5, 0.6) is 0 Å². The Kier molecular flexibility index (Phi) is 5.53. The third kappa shape index (κ3) is 4.71. The molecule has 3 rings (SSSR count). The molecule has 0 aliphatic carbocycles. The second kappa shape index (κ2) is 7.90. The van der Waals surface area contributed by atoms with Gasteiger partial charge in [0.1, 0.15) is 5.82 Å². The quantitative estimate of drug-likeness (QED) is 0.680. The van der Waals surface area contributed by atoms with Crippen molar-refractivity contribution in [2.75, 3.05) is 5.32 Å². The molecule has 2 N–H and O–H groups in total. The summed E-state index contributed by atoms with van der Waals surface area (Å²) in [6.45, 7) is 3.62. The lowest BCUT2D eigenvalue weighted by molar-refractivity contribution is -0.137. The van der Waals surface area contributed by atoms with Crippen LogP contribution in [-0.2, 0) is 12.6 Å². The van der Waals surface area contributed by atoms with Gasteiger partial charge >= 0.3 is 6.18 Å². The van der Waals surface area contributed by atoms with Gasteiger partial charge in [0.05, 0.1) is 11.3 Å². The fourth-order valence-corrected chi connectivity index (χ4v) is 2.75. The first-order valence-electron chi connectivity index (χ1n) is 8.83. The third-order valence-electron chi connectivity index (χ3n) is 4.01. The molecule has 0 aliphatic heterocycles. The molecule has 152 valence electrons. The zero-order valence-corrected chi connectivity index (χ0v) is 15.7. The van der Waals surface area contributed by atoms with Crippen molar-refractivity contribution in [3.8, 4) is 5.95 Å². The minimum atomic E-state index is -4.56. The molecule has 0 atom stereocenters. The minimum absolute atomic E-state index is 0.105. The van der Waals surface area contributed by atoms with Crippen LogP contribution in [0.4, 0.5) is 19.0 Å². The molecule has 0 spiro atoms. The third-order valence-corrected chi connectivity index (χ3v) is 4.01. The summed E-state index contributed by atoms with van der Waals surface area (Å²) >= 11 is 0. The summed E-state index contributed by atoms with van der Waals surface area (Å²) in [7, 11) is 0. The molecule has 0 saturated heterocycles. The Labute approximate surface area is 163 Å². The molecule has 0 fully saturated rings. The first-order valence-corrected chi connectivity index (χ1v) is 8.83. The van der Waals surface area contributed by atoms with Crippen LogP contribution in [0.3, 0.4) is 0 Å². The first kappa shape index (κ1) is 20.3. The van der Waals surface area contributed by atoms with Crippen LogP contribution < -0.4 is 10.9 Å². The van der Waals surface area contributed by atoms with Crippen molar-refractivity contribution in [3.05, 3.63) is 69.3 Å². The Morgan fingerprint density at radius 2 is 2.00 bits per heavy atom. The number of nitrogens with zero attached hydrogens (tertiary/aromatic N) is 3. The number of anilines is 1. The van der Waals surface area contributed by atoms with E-state index >= 15 is 0 Å². The van der Waals surface area contributed by atoms with Crippen molar-refractivity contribution in [2.24, 2.45) is 0 Å². The number of aromatic amines is 1. The average Bonchev–Trinajstić information content (AvgIpc) is 3.01. The second-order valence-corrected chi connectivity index (χ2v) is 6.43. The highest BCUT2D eigenvalue weighted by Gasteiger charge is 2.31. The summed E-state index contributed by atoms with van der Waals surface area (Å²) in [6, 6.07) is 7.00. The van der Waals surface area contributed by atoms with Crippen LogP contribution in [0.25, 0.3) is 5.95 Å². The van der Waals surface area contributed by atoms with E-state index in [0.717, 1.165) is 24.6 Å². The SMILES string of the molecule is CCCc1cc(=O)[nH]c(-n2nc(C)cc2NC(=O)c2cccc(C(F)(F)F)c2)n1. The number of rotatable bonds is 5. The lowest BCUT2D eigenvalue weighted by Crippen LogP contribution is -2.19. The topological polar surface area (TPSA) is 92.7 Å². The zero-order chi connectivity index (χ0) is 21.2. The molecule has 2 heterocycles. The van der Waals surface area contributed by atoms with Crippen LogP contribution >= 0.6 is 0 Å². The molecule has 0 aliphatic rings. The van der Waals surface area contributed by atoms with Gasteiger partial charge in [0.25, 0.3) is 11.5 Å². The van der Waals surface area contributed by atoms with Crippen molar-refractivity contribution in [1.82, 2.24) is 19.7 Å². The summed E-state index contributed by atoms with van der Waals surface area (Å²) in [4.78, 5) is 31.3. The molecule has 0 unspecified atom stereocenters. The molecule has 10 heteroatoms. The van der Waals surface area contributed by atoms with Crippen molar-refractivity contribution in [1.29, 1.82) is 0 Å². The monoisotopic (exact) mass is 405 g/mol. The maximum Gasteiger partial charge on any atom is 0.416 e. The summed E-state index contributed by atoms with van der Waals surface area (Å²) in [5, 5.41) is 6.74. The van der Waals surface area contributed by atoms with Crippen LogP contribution in [0.15, 0.2) is 41.2 Å². The van der Waals surface area contributed by atoms with E-state index in [1.807, 2.05) is 6.92 Å². The van der Waals surface area contributed by atoms with Gasteiger partial charge in [-0.05, 0) is 31.5 Å². The Bertz CT molecular complexity index is 1100. The number of carbonyl (C=O) groups excluding carboxylic acids is 1. The number of hydrogen-bond acceptors (Lipinski definition) is 4. The van der Waals surface area contributed by atoms with E-state index in [9.17, 15) is 22.8 Å². The number of hydrogen-bond donors (Lipinski definition) is 2. The Morgan fingerprint density at radius 3 is 2.69 bits per heavy atom. The standard InChI is InChI=1S/C19H18F3N5O2/c1-3-5-14-10-16(28)25-18(23-14)27-15(8-11(2)26-27)24-17(29)12-6-4-7-13(9-12)19(20,21)22/h4,6-10H,3,5H2,1-2H3,(H,24,29)(H,23,25,28). The minimum Gasteiger partial charge on any atom is -0.306 e. The molecule has 0 bridgehead atoms. The summed E-state index contributed by atoms with van der Waals surface area (Å²) < 4.78 is 39.9. The maximum absolute atomic E-state index is 12.9. The van der Waals surface area contributed by atoms with Crippen LogP contribution in [0.1, 0.15) is 40.7 Å². The number of halogens is 3. The van der Waals surface area contributed by atoms with Gasteiger partial charge in [0.2, 0.25) is 5.95 Å². The number of amides is 1. The van der Waals surface area contributed by atoms with E-state index in [2.05, 4.69) is 20.4 Å². The van der Waals surface area contributed by atoms with Crippen LogP contribution in [0, 0.1) is 6.92 Å². The van der Waals surface area contributed by atoms with E-state index in [0.29, 0.717) is 17.8 Å². The Hall–Kier alpha value is -3.43. The van der Waals surface area contributed by atoms with Gasteiger partial charge in [-0.15, -0.1) is 0 Å². The van der Waals surface area contributed by atoms with E-state index < -0.39 is 17.6 Å². The molecule has 3 aromatic rings. The smallest absolute Gasteiger partial charge is 0.306 e. The van der Waals surface area contributed by atoms with Crippen molar-refractivity contribution in [2.45, 2.75) is 32.9 Å². The van der Waals surface area contributed by atoms with Crippen LogP contribution in [-0.4, -0.2) is 25.7 Å². The van der Waals surface area contributed by atoms with E-state index in [1.165, 1.54) is 22.9 Å². The highest BCUT2D eigenvalue weighted by atomic mass is 19.4. The van der Waals surface area contributed by atoms with Gasteiger partial charge < -0.3 is 5.32 Å². The average molecular weight is 405 g/mol. The molecule has 1 amide bonds. The molecule has 29 heavy (non-hydrogen) atoms. The lowest BCUT2D eigenvalue weighted by atomic mass is 10.1. The van der Waals surface area contributed by atoms with E-state index in [4.69, 9.17) is 0 Å². The van der Waals surface area contributed by atoms with Crippen molar-refractivity contribution in [3.63, 3.8) is 0 Å². The number of benzene rings is 1. The Balaban J connectivity index is 1.94. The van der Waals surface area contributed by atoms with E-state index in [-0.39, 0.29) is 22.9 Å². The van der Waals surface area contributed by atoms with Gasteiger partial charge in [-0.1, -0.05) is 19.4 Å². The molecule has 2 aromatic heterocycles. The van der Waals surface area contributed by atoms with Gasteiger partial charge in [-0.2, -0.15) is 23.0 Å². The van der Waals surface area contributed by atoms with E-state index in [1.54, 1.807) is 6.92 Å². The fraction of sp³-hybridized carbons (Fsp3) is 0.263. The molecule has 1 aromatic carbocycles. The summed E-state index contributed by atoms with van der Waals surface area (Å²) in [5.74, 6) is -0.473. The second-order valence-electron chi connectivity index (χ2n) is 6.43. The maximum atomic E-state index is 12.9. The number of aryl methyl sites for hydroxylation is 2.